The van der Waals surface area contributed by atoms with Crippen molar-refractivity contribution in [2.45, 2.75) is 25.8 Å². The molecule has 0 bridgehead atoms. The van der Waals surface area contributed by atoms with Gasteiger partial charge in [-0.2, -0.15) is 0 Å². The number of amides is 1. The van der Waals surface area contributed by atoms with Crippen LogP contribution in [0.3, 0.4) is 0 Å². The number of carboxylic acids is 1. The second-order valence-corrected chi connectivity index (χ2v) is 8.93. The Bertz CT molecular complexity index is 757. The van der Waals surface area contributed by atoms with Crippen LogP contribution in [0.25, 0.3) is 0 Å². The van der Waals surface area contributed by atoms with Crippen molar-refractivity contribution in [2.75, 3.05) is 0 Å². The summed E-state index contributed by atoms with van der Waals surface area (Å²) in [4.78, 5) is 22.9. The second kappa shape index (κ2) is 10.5. The first-order chi connectivity index (χ1) is 14.1. The summed E-state index contributed by atoms with van der Waals surface area (Å²) < 4.78 is 0. The number of aliphatic carboxylic acids is 1. The van der Waals surface area contributed by atoms with Crippen LogP contribution in [0.2, 0.25) is 0 Å². The van der Waals surface area contributed by atoms with Crippen LogP contribution in [0.15, 0.2) is 60.7 Å². The topological polar surface area (TPSA) is 66.4 Å². The van der Waals surface area contributed by atoms with Gasteiger partial charge in [-0.1, -0.05) is 60.7 Å². The molecule has 1 aliphatic rings. The molecule has 1 unspecified atom stereocenters. The van der Waals surface area contributed by atoms with Crippen molar-refractivity contribution in [3.8, 4) is 0 Å². The van der Waals surface area contributed by atoms with Crippen LogP contribution in [0.4, 0.5) is 0 Å². The van der Waals surface area contributed by atoms with Gasteiger partial charge in [-0.05, 0) is 51.1 Å². The molecule has 6 radical (unpaired) electrons. The van der Waals surface area contributed by atoms with Crippen molar-refractivity contribution in [3.05, 3.63) is 97.9 Å². The first-order valence-corrected chi connectivity index (χ1v) is 10.9. The van der Waals surface area contributed by atoms with Crippen molar-refractivity contribution >= 4 is 30.4 Å². The minimum absolute atomic E-state index is 0.0199. The molecule has 0 saturated heterocycles. The van der Waals surface area contributed by atoms with Crippen molar-refractivity contribution in [2.24, 2.45) is 0 Å². The smallest absolute Gasteiger partial charge is 0.303 e. The van der Waals surface area contributed by atoms with E-state index >= 15 is 0 Å². The van der Waals surface area contributed by atoms with Crippen LogP contribution in [-0.4, -0.2) is 23.0 Å². The third kappa shape index (κ3) is 5.90. The van der Waals surface area contributed by atoms with Gasteiger partial charge < -0.3 is 10.4 Å². The molecule has 29 heavy (non-hydrogen) atoms. The van der Waals surface area contributed by atoms with Crippen LogP contribution >= 0.6 is 7.92 Å². The Balaban J connectivity index is 1.83. The van der Waals surface area contributed by atoms with E-state index in [4.69, 9.17) is 5.11 Å². The molecule has 1 saturated carbocycles. The zero-order valence-corrected chi connectivity index (χ0v) is 17.2. The van der Waals surface area contributed by atoms with Crippen LogP contribution in [0.5, 0.6) is 0 Å². The highest BCUT2D eigenvalue weighted by Gasteiger charge is 2.38. The summed E-state index contributed by atoms with van der Waals surface area (Å²) in [6, 6.07) is 20.6. The summed E-state index contributed by atoms with van der Waals surface area (Å²) in [5.41, 5.74) is 1.19. The molecule has 2 aromatic carbocycles. The van der Waals surface area contributed by atoms with Gasteiger partial charge in [0.1, 0.15) is 0 Å². The van der Waals surface area contributed by atoms with Crippen molar-refractivity contribution in [3.63, 3.8) is 0 Å². The maximum absolute atomic E-state index is 12.2. The Kier molecular flexibility index (Phi) is 7.83. The lowest BCUT2D eigenvalue weighted by Crippen LogP contribution is -2.41. The molecule has 2 N–H and O–H groups in total. The molecule has 2 aromatic rings. The Morgan fingerprint density at radius 2 is 1.45 bits per heavy atom. The molecule has 0 aromatic heterocycles. The SMILES string of the molecule is CC(NC(=O)CCC(=O)O)[C]1[CH][CH][CH][CH][C]1P(c1ccccc1)c1ccccc1. The molecule has 1 aliphatic carbocycles. The zero-order valence-electron chi connectivity index (χ0n) is 16.3. The third-order valence-corrected chi connectivity index (χ3v) is 7.13. The third-order valence-electron chi connectivity index (χ3n) is 4.62. The number of nitrogens with one attached hydrogen (secondary N) is 1. The number of rotatable bonds is 8. The number of carboxylic acid groups (broad SMARTS) is 1. The van der Waals surface area contributed by atoms with E-state index in [1.165, 1.54) is 16.3 Å². The first kappa shape index (κ1) is 21.5. The molecule has 4 nitrogen and oxygen atoms in total. The fourth-order valence-corrected chi connectivity index (χ4v) is 5.81. The predicted molar refractivity (Wildman–Crippen MR) is 117 cm³/mol. The van der Waals surface area contributed by atoms with E-state index in [0.29, 0.717) is 0 Å². The monoisotopic (exact) mass is 405 g/mol. The molecule has 1 amide bonds. The first-order valence-electron chi connectivity index (χ1n) is 9.56. The quantitative estimate of drug-likeness (QED) is 0.662. The Labute approximate surface area is 174 Å². The molecule has 1 atom stereocenters. The van der Waals surface area contributed by atoms with Gasteiger partial charge in [-0.15, -0.1) is 0 Å². The Hall–Kier alpha value is -2.19. The highest BCUT2D eigenvalue weighted by atomic mass is 31.1. The van der Waals surface area contributed by atoms with Gasteiger partial charge in [0.15, 0.2) is 0 Å². The summed E-state index contributed by atoms with van der Waals surface area (Å²) in [7, 11) is -0.788. The van der Waals surface area contributed by atoms with Crippen LogP contribution in [0, 0.1) is 37.3 Å². The molecular formula is C24H24NO3P. The fourth-order valence-electron chi connectivity index (χ4n) is 3.25. The number of hydrogen-bond acceptors (Lipinski definition) is 2. The summed E-state index contributed by atoms with van der Waals surface area (Å²) >= 11 is 0. The molecule has 148 valence electrons. The standard InChI is InChI=1S/C24H24NO3P/c1-18(25-23(26)16-17-24(27)28)21-14-8-9-15-22(21)29(19-10-4-2-5-11-19)20-12-6-3-7-13-20/h2-15,18H,16-17H2,1H3,(H,25,26)(H,27,28). The van der Waals surface area contributed by atoms with E-state index in [1.54, 1.807) is 0 Å². The summed E-state index contributed by atoms with van der Waals surface area (Å²) in [6.45, 7) is 1.95. The number of benzene rings is 2. The molecule has 0 heterocycles. The van der Waals surface area contributed by atoms with Crippen LogP contribution < -0.4 is 15.9 Å². The van der Waals surface area contributed by atoms with E-state index in [1.807, 2.05) is 62.6 Å². The summed E-state index contributed by atoms with van der Waals surface area (Å²) in [6.07, 6.45) is 7.98. The lowest BCUT2D eigenvalue weighted by Gasteiger charge is -2.39. The molecule has 0 aliphatic heterocycles. The Morgan fingerprint density at radius 3 is 2.00 bits per heavy atom. The van der Waals surface area contributed by atoms with Gasteiger partial charge in [-0.3, -0.25) is 9.59 Å². The minimum Gasteiger partial charge on any atom is -0.481 e. The fraction of sp³-hybridized carbons (Fsp3) is 0.167. The molecule has 5 heteroatoms. The summed E-state index contributed by atoms with van der Waals surface area (Å²) in [5.74, 6) is -0.168. The van der Waals surface area contributed by atoms with Gasteiger partial charge in [-0.25, -0.2) is 0 Å². The molecule has 0 spiro atoms. The van der Waals surface area contributed by atoms with E-state index in [0.717, 1.165) is 5.92 Å². The normalized spacial score (nSPS) is 16.5. The maximum Gasteiger partial charge on any atom is 0.303 e. The highest BCUT2D eigenvalue weighted by Crippen LogP contribution is 2.55. The minimum atomic E-state index is -0.968. The average Bonchev–Trinajstić information content (AvgIpc) is 2.74. The molecule has 3 rings (SSSR count). The molecule has 1 fully saturated rings. The van der Waals surface area contributed by atoms with Gasteiger partial charge in [0.05, 0.1) is 6.42 Å². The van der Waals surface area contributed by atoms with E-state index in [2.05, 4.69) is 36.0 Å². The van der Waals surface area contributed by atoms with Crippen LogP contribution in [-0.2, 0) is 9.59 Å². The van der Waals surface area contributed by atoms with E-state index in [-0.39, 0.29) is 24.8 Å². The van der Waals surface area contributed by atoms with Crippen LogP contribution in [0.1, 0.15) is 19.8 Å². The maximum atomic E-state index is 12.2. The zero-order chi connectivity index (χ0) is 20.6. The number of carbonyl (C=O) groups is 2. The summed E-state index contributed by atoms with van der Waals surface area (Å²) in [5, 5.41) is 14.2. The van der Waals surface area contributed by atoms with Gasteiger partial charge >= 0.3 is 5.97 Å². The van der Waals surface area contributed by atoms with Gasteiger partial charge in [0, 0.05) is 24.0 Å². The largest absolute Gasteiger partial charge is 0.481 e. The van der Waals surface area contributed by atoms with E-state index < -0.39 is 13.9 Å². The van der Waals surface area contributed by atoms with Gasteiger partial charge in [0.2, 0.25) is 5.91 Å². The van der Waals surface area contributed by atoms with Gasteiger partial charge in [0.25, 0.3) is 0 Å². The Morgan fingerprint density at radius 1 is 0.897 bits per heavy atom. The lowest BCUT2D eigenvalue weighted by molar-refractivity contribution is -0.138. The van der Waals surface area contributed by atoms with Crippen molar-refractivity contribution in [1.29, 1.82) is 0 Å². The lowest BCUT2D eigenvalue weighted by atomic mass is 9.84. The second-order valence-electron chi connectivity index (χ2n) is 6.75. The average molecular weight is 405 g/mol. The van der Waals surface area contributed by atoms with Crippen molar-refractivity contribution < 1.29 is 14.7 Å². The number of carbonyl (C=O) groups excluding carboxylic acids is 1. The predicted octanol–water partition coefficient (Wildman–Crippen LogP) is 3.43. The van der Waals surface area contributed by atoms with E-state index in [9.17, 15) is 9.59 Å². The molecular weight excluding hydrogens is 381 g/mol. The highest BCUT2D eigenvalue weighted by molar-refractivity contribution is 7.76. The number of hydrogen-bond donors (Lipinski definition) is 2. The van der Waals surface area contributed by atoms with Crippen molar-refractivity contribution in [1.82, 2.24) is 5.32 Å².